The number of anilines is 2. The van der Waals surface area contributed by atoms with Crippen molar-refractivity contribution < 1.29 is 13.2 Å². The standard InChI is InChI=1S/C25H22N4O3S2/c1-18-16-17-26-25(27-18)29-34(31,32)22-14-12-20(13-15-22)28-24(30)23(19-8-4-2-5-9-19)33-21-10-6-3-7-11-21/h2-17,23H,1H3,(H,28,30)(H,26,27,29). The molecule has 7 nitrogen and oxygen atoms in total. The maximum atomic E-state index is 13.2. The number of carbonyl (C=O) groups is 1. The summed E-state index contributed by atoms with van der Waals surface area (Å²) in [4.78, 5) is 22.2. The first-order chi connectivity index (χ1) is 16.4. The quantitative estimate of drug-likeness (QED) is 0.335. The lowest BCUT2D eigenvalue weighted by Gasteiger charge is -2.17. The molecule has 0 saturated carbocycles. The SMILES string of the molecule is Cc1ccnc(NS(=O)(=O)c2ccc(NC(=O)C(Sc3ccccc3)c3ccccc3)cc2)n1. The molecular weight excluding hydrogens is 468 g/mol. The van der Waals surface area contributed by atoms with Crippen molar-refractivity contribution in [1.82, 2.24) is 9.97 Å². The first kappa shape index (κ1) is 23.5. The van der Waals surface area contributed by atoms with Gasteiger partial charge in [-0.2, -0.15) is 0 Å². The highest BCUT2D eigenvalue weighted by atomic mass is 32.2. The molecule has 172 valence electrons. The Kier molecular flexibility index (Phi) is 7.24. The van der Waals surface area contributed by atoms with Crippen molar-refractivity contribution in [2.24, 2.45) is 0 Å². The third-order valence-corrected chi connectivity index (χ3v) is 7.40. The number of sulfonamides is 1. The summed E-state index contributed by atoms with van der Waals surface area (Å²) in [6.07, 6.45) is 1.48. The number of hydrogen-bond acceptors (Lipinski definition) is 6. The van der Waals surface area contributed by atoms with Gasteiger partial charge in [0.05, 0.1) is 4.90 Å². The van der Waals surface area contributed by atoms with Crippen molar-refractivity contribution >= 4 is 39.3 Å². The number of amides is 1. The Morgan fingerprint density at radius 2 is 1.53 bits per heavy atom. The van der Waals surface area contributed by atoms with Gasteiger partial charge in [-0.15, -0.1) is 11.8 Å². The number of nitrogens with zero attached hydrogens (tertiary/aromatic N) is 2. The van der Waals surface area contributed by atoms with E-state index in [1.54, 1.807) is 25.1 Å². The van der Waals surface area contributed by atoms with Gasteiger partial charge in [-0.05, 0) is 55.0 Å². The van der Waals surface area contributed by atoms with Gasteiger partial charge in [0, 0.05) is 22.5 Å². The second-order valence-corrected chi connectivity index (χ2v) is 10.2. The molecule has 1 aromatic heterocycles. The van der Waals surface area contributed by atoms with Crippen LogP contribution in [0, 0.1) is 6.92 Å². The fourth-order valence-electron chi connectivity index (χ4n) is 3.14. The normalized spacial score (nSPS) is 12.0. The Labute approximate surface area is 202 Å². The van der Waals surface area contributed by atoms with Gasteiger partial charge in [-0.3, -0.25) is 4.79 Å². The van der Waals surface area contributed by atoms with Crippen molar-refractivity contribution in [3.63, 3.8) is 0 Å². The Hall–Kier alpha value is -3.69. The smallest absolute Gasteiger partial charge is 0.264 e. The topological polar surface area (TPSA) is 101 Å². The van der Waals surface area contributed by atoms with E-state index in [4.69, 9.17) is 0 Å². The van der Waals surface area contributed by atoms with Crippen molar-refractivity contribution in [1.29, 1.82) is 0 Å². The van der Waals surface area contributed by atoms with Crippen molar-refractivity contribution in [3.8, 4) is 0 Å². The summed E-state index contributed by atoms with van der Waals surface area (Å²) >= 11 is 1.45. The fourth-order valence-corrected chi connectivity index (χ4v) is 5.13. The van der Waals surface area contributed by atoms with Crippen LogP contribution in [0.1, 0.15) is 16.5 Å². The lowest BCUT2D eigenvalue weighted by Crippen LogP contribution is -2.19. The largest absolute Gasteiger partial charge is 0.325 e. The van der Waals surface area contributed by atoms with Crippen LogP contribution < -0.4 is 10.0 Å². The van der Waals surface area contributed by atoms with E-state index >= 15 is 0 Å². The van der Waals surface area contributed by atoms with Gasteiger partial charge in [0.25, 0.3) is 10.0 Å². The molecule has 34 heavy (non-hydrogen) atoms. The van der Waals surface area contributed by atoms with Gasteiger partial charge in [0.1, 0.15) is 5.25 Å². The van der Waals surface area contributed by atoms with Crippen LogP contribution in [-0.4, -0.2) is 24.3 Å². The molecular formula is C25H22N4O3S2. The average molecular weight is 491 g/mol. The molecule has 9 heteroatoms. The Morgan fingerprint density at radius 3 is 2.18 bits per heavy atom. The number of thioether (sulfide) groups is 1. The van der Waals surface area contributed by atoms with Crippen molar-refractivity contribution in [2.75, 3.05) is 10.0 Å². The molecule has 3 aromatic carbocycles. The van der Waals surface area contributed by atoms with Gasteiger partial charge in [-0.1, -0.05) is 48.5 Å². The number of aromatic nitrogens is 2. The minimum atomic E-state index is -3.87. The second kappa shape index (κ2) is 10.5. The van der Waals surface area contributed by atoms with Crippen molar-refractivity contribution in [3.05, 3.63) is 108 Å². The average Bonchev–Trinajstić information content (AvgIpc) is 2.84. The monoisotopic (exact) mass is 490 g/mol. The number of nitrogens with one attached hydrogen (secondary N) is 2. The third-order valence-electron chi connectivity index (χ3n) is 4.79. The van der Waals surface area contributed by atoms with Crippen LogP contribution in [0.15, 0.2) is 107 Å². The Bertz CT molecular complexity index is 1360. The van der Waals surface area contributed by atoms with Gasteiger partial charge in [-0.25, -0.2) is 23.1 Å². The highest BCUT2D eigenvalue weighted by molar-refractivity contribution is 8.00. The number of benzene rings is 3. The summed E-state index contributed by atoms with van der Waals surface area (Å²) in [5.74, 6) is -0.206. The Balaban J connectivity index is 1.50. The molecule has 4 aromatic rings. The molecule has 0 bridgehead atoms. The molecule has 0 saturated heterocycles. The van der Waals surface area contributed by atoms with E-state index in [9.17, 15) is 13.2 Å². The minimum Gasteiger partial charge on any atom is -0.325 e. The maximum absolute atomic E-state index is 13.2. The molecule has 2 N–H and O–H groups in total. The van der Waals surface area contributed by atoms with E-state index in [1.807, 2.05) is 60.7 Å². The first-order valence-corrected chi connectivity index (χ1v) is 12.8. The van der Waals surface area contributed by atoms with E-state index in [0.717, 1.165) is 10.5 Å². The van der Waals surface area contributed by atoms with Crippen LogP contribution in [-0.2, 0) is 14.8 Å². The molecule has 1 heterocycles. The molecule has 0 radical (unpaired) electrons. The van der Waals surface area contributed by atoms with Crippen LogP contribution in [0.4, 0.5) is 11.6 Å². The van der Waals surface area contributed by atoms with Gasteiger partial charge >= 0.3 is 0 Å². The number of rotatable bonds is 8. The zero-order chi connectivity index (χ0) is 24.0. The lowest BCUT2D eigenvalue weighted by atomic mass is 10.1. The van der Waals surface area contributed by atoms with Crippen molar-refractivity contribution in [2.45, 2.75) is 22.0 Å². The molecule has 1 unspecified atom stereocenters. The Morgan fingerprint density at radius 1 is 0.882 bits per heavy atom. The third kappa shape index (κ3) is 6.00. The van der Waals surface area contributed by atoms with E-state index in [-0.39, 0.29) is 16.8 Å². The summed E-state index contributed by atoms with van der Waals surface area (Å²) in [5, 5.41) is 2.42. The summed E-state index contributed by atoms with van der Waals surface area (Å²) in [6, 6.07) is 26.8. The second-order valence-electron chi connectivity index (χ2n) is 7.36. The summed E-state index contributed by atoms with van der Waals surface area (Å²) in [7, 11) is -3.87. The molecule has 1 amide bonds. The van der Waals surface area contributed by atoms with E-state index in [1.165, 1.54) is 30.1 Å². The van der Waals surface area contributed by atoms with E-state index < -0.39 is 15.3 Å². The molecule has 0 aliphatic carbocycles. The number of aryl methyl sites for hydroxylation is 1. The van der Waals surface area contributed by atoms with Crippen LogP contribution in [0.5, 0.6) is 0 Å². The fraction of sp³-hybridized carbons (Fsp3) is 0.0800. The number of carbonyl (C=O) groups excluding carboxylic acids is 1. The van der Waals surface area contributed by atoms with E-state index in [0.29, 0.717) is 11.4 Å². The summed E-state index contributed by atoms with van der Waals surface area (Å²) < 4.78 is 27.7. The molecule has 0 spiro atoms. The highest BCUT2D eigenvalue weighted by Crippen LogP contribution is 2.36. The molecule has 0 fully saturated rings. The van der Waals surface area contributed by atoms with Gasteiger partial charge in [0.15, 0.2) is 0 Å². The van der Waals surface area contributed by atoms with Crippen LogP contribution in [0.2, 0.25) is 0 Å². The zero-order valence-electron chi connectivity index (χ0n) is 18.3. The van der Waals surface area contributed by atoms with Crippen LogP contribution in [0.3, 0.4) is 0 Å². The van der Waals surface area contributed by atoms with E-state index in [2.05, 4.69) is 20.0 Å². The summed E-state index contributed by atoms with van der Waals surface area (Å²) in [5.41, 5.74) is 2.01. The molecule has 0 aliphatic heterocycles. The van der Waals surface area contributed by atoms with Crippen LogP contribution in [0.25, 0.3) is 0 Å². The van der Waals surface area contributed by atoms with Gasteiger partial charge < -0.3 is 5.32 Å². The molecule has 0 aliphatic rings. The predicted molar refractivity (Wildman–Crippen MR) is 134 cm³/mol. The lowest BCUT2D eigenvalue weighted by molar-refractivity contribution is -0.115. The maximum Gasteiger partial charge on any atom is 0.264 e. The molecule has 4 rings (SSSR count). The zero-order valence-corrected chi connectivity index (χ0v) is 19.9. The summed E-state index contributed by atoms with van der Waals surface area (Å²) in [6.45, 7) is 1.75. The van der Waals surface area contributed by atoms with Crippen LogP contribution >= 0.6 is 11.8 Å². The predicted octanol–water partition coefficient (Wildman–Crippen LogP) is 5.06. The number of hydrogen-bond donors (Lipinski definition) is 2. The molecule has 1 atom stereocenters. The van der Waals surface area contributed by atoms with Gasteiger partial charge in [0.2, 0.25) is 11.9 Å². The highest BCUT2D eigenvalue weighted by Gasteiger charge is 2.22. The first-order valence-electron chi connectivity index (χ1n) is 10.4. The minimum absolute atomic E-state index is 0.000944.